The molecule has 0 radical (unpaired) electrons. The minimum atomic E-state index is -0.986. The Kier molecular flexibility index (Phi) is 7.74. The summed E-state index contributed by atoms with van der Waals surface area (Å²) in [5.74, 6) is -1.01. The van der Waals surface area contributed by atoms with Crippen LogP contribution in [0.25, 0.3) is 11.1 Å². The van der Waals surface area contributed by atoms with Gasteiger partial charge in [-0.3, -0.25) is 0 Å². The Balaban J connectivity index is 1.71. The third-order valence-corrected chi connectivity index (χ3v) is 6.00. The number of esters is 1. The number of nitrogens with one attached hydrogen (secondary N) is 1. The quantitative estimate of drug-likeness (QED) is 0.212. The molecule has 0 aliphatic heterocycles. The fourth-order valence-electron chi connectivity index (χ4n) is 4.19. The summed E-state index contributed by atoms with van der Waals surface area (Å²) in [4.78, 5) is 24.7. The van der Waals surface area contributed by atoms with Crippen molar-refractivity contribution in [1.82, 2.24) is 5.32 Å². The number of hydrogen-bond acceptors (Lipinski definition) is 5. The number of rotatable bonds is 8. The number of alkyl carbamates (subject to hydrolysis) is 1. The first-order valence-corrected chi connectivity index (χ1v) is 11.2. The zero-order valence-electron chi connectivity index (χ0n) is 19.8. The van der Waals surface area contributed by atoms with Crippen molar-refractivity contribution in [3.8, 4) is 11.1 Å². The van der Waals surface area contributed by atoms with Crippen LogP contribution in [0.15, 0.2) is 48.5 Å². The number of carbonyl (C=O) groups is 2. The predicted octanol–water partition coefficient (Wildman–Crippen LogP) is 4.33. The fourth-order valence-corrected chi connectivity index (χ4v) is 4.19. The molecule has 0 heterocycles. The van der Waals surface area contributed by atoms with Crippen molar-refractivity contribution in [2.75, 3.05) is 13.7 Å². The molecule has 33 heavy (non-hydrogen) atoms. The smallest absolute Gasteiger partial charge is 0.407 e. The fraction of sp³-hybridized carbons (Fsp3) is 0.423. The third kappa shape index (κ3) is 5.35. The molecule has 7 heteroatoms. The van der Waals surface area contributed by atoms with E-state index in [4.69, 9.17) is 9.47 Å². The van der Waals surface area contributed by atoms with E-state index in [9.17, 15) is 14.8 Å². The van der Waals surface area contributed by atoms with Gasteiger partial charge in [-0.05, 0) is 28.2 Å². The second-order valence-corrected chi connectivity index (χ2v) is 8.96. The van der Waals surface area contributed by atoms with Crippen LogP contribution in [0.4, 0.5) is 4.79 Å². The molecule has 176 valence electrons. The largest absolute Gasteiger partial charge is 0.623 e. The molecule has 2 aromatic rings. The van der Waals surface area contributed by atoms with Crippen LogP contribution in [-0.4, -0.2) is 48.8 Å². The Morgan fingerprint density at radius 3 is 2.03 bits per heavy atom. The van der Waals surface area contributed by atoms with E-state index in [0.29, 0.717) is 4.74 Å². The summed E-state index contributed by atoms with van der Waals surface area (Å²) in [5.41, 5.74) is 4.56. The first-order valence-electron chi connectivity index (χ1n) is 11.2. The lowest BCUT2D eigenvalue weighted by Gasteiger charge is -2.22. The molecule has 0 saturated carbocycles. The highest BCUT2D eigenvalue weighted by molar-refractivity contribution is 5.79. The number of carbonyl (C=O) groups excluding carboxylic acids is 2. The number of hydrogen-bond donors (Lipinski definition) is 1. The standard InChI is InChI=1S/C26H32N2O5/c1-16(2)23(14-28(31)24(17(3)4)25(29)32-5)27-26(30)33-15-22-20-12-8-6-10-18(20)19-11-7-9-13-21(19)22/h6-14,16-17,22-24H,15H2,1-5H3,(H,27,30)/b28-14-/t23-,24+/m1/s1. The number of hydroxylamine groups is 1. The molecule has 0 spiro atoms. The van der Waals surface area contributed by atoms with Crippen molar-refractivity contribution in [1.29, 1.82) is 0 Å². The summed E-state index contributed by atoms with van der Waals surface area (Å²) in [6.45, 7) is 7.47. The Labute approximate surface area is 195 Å². The molecule has 1 aliphatic rings. The van der Waals surface area contributed by atoms with Crippen LogP contribution in [0, 0.1) is 17.0 Å². The molecule has 2 atom stereocenters. The van der Waals surface area contributed by atoms with Crippen molar-refractivity contribution in [3.63, 3.8) is 0 Å². The molecule has 7 nitrogen and oxygen atoms in total. The van der Waals surface area contributed by atoms with E-state index in [1.54, 1.807) is 13.8 Å². The van der Waals surface area contributed by atoms with E-state index < -0.39 is 24.1 Å². The van der Waals surface area contributed by atoms with E-state index in [2.05, 4.69) is 29.6 Å². The Bertz CT molecular complexity index is 985. The molecule has 1 N–H and O–H groups in total. The van der Waals surface area contributed by atoms with Crippen LogP contribution in [0.2, 0.25) is 0 Å². The number of fused-ring (bicyclic) bond motifs is 3. The summed E-state index contributed by atoms with van der Waals surface area (Å²) in [7, 11) is 1.25. The van der Waals surface area contributed by atoms with Gasteiger partial charge in [-0.25, -0.2) is 9.59 Å². The molecule has 0 aromatic heterocycles. The lowest BCUT2D eigenvalue weighted by Crippen LogP contribution is -2.45. The van der Waals surface area contributed by atoms with Crippen LogP contribution < -0.4 is 5.32 Å². The number of nitrogens with zero attached hydrogens (tertiary/aromatic N) is 1. The molecule has 0 unspecified atom stereocenters. The number of ether oxygens (including phenoxy) is 2. The van der Waals surface area contributed by atoms with Crippen molar-refractivity contribution in [2.24, 2.45) is 11.8 Å². The number of methoxy groups -OCH3 is 1. The predicted molar refractivity (Wildman–Crippen MR) is 127 cm³/mol. The summed E-state index contributed by atoms with van der Waals surface area (Å²) in [6.07, 6.45) is 0.701. The topological polar surface area (TPSA) is 90.7 Å². The lowest BCUT2D eigenvalue weighted by atomic mass is 9.98. The average Bonchev–Trinajstić information content (AvgIpc) is 3.10. The third-order valence-electron chi connectivity index (χ3n) is 6.00. The number of amides is 1. The van der Waals surface area contributed by atoms with E-state index in [-0.39, 0.29) is 24.4 Å². The van der Waals surface area contributed by atoms with E-state index in [0.717, 1.165) is 22.3 Å². The summed E-state index contributed by atoms with van der Waals surface area (Å²) in [6, 6.07) is 14.6. The van der Waals surface area contributed by atoms with Crippen molar-refractivity contribution in [2.45, 2.75) is 45.7 Å². The van der Waals surface area contributed by atoms with Crippen molar-refractivity contribution < 1.29 is 23.8 Å². The van der Waals surface area contributed by atoms with Gasteiger partial charge in [0.05, 0.1) is 7.11 Å². The second kappa shape index (κ2) is 10.5. The van der Waals surface area contributed by atoms with Crippen molar-refractivity contribution >= 4 is 18.3 Å². The summed E-state index contributed by atoms with van der Waals surface area (Å²) >= 11 is 0. The highest BCUT2D eigenvalue weighted by Gasteiger charge is 2.33. The van der Waals surface area contributed by atoms with Crippen LogP contribution in [0.3, 0.4) is 0 Å². The SMILES string of the molecule is COC(=O)[C@H](C(C)C)/[N+]([O-])=C/[C@@H](NC(=O)OCC1c2ccccc2-c2ccccc21)C(C)C. The minimum absolute atomic E-state index is 0.0507. The van der Waals surface area contributed by atoms with Gasteiger partial charge in [0, 0.05) is 11.8 Å². The minimum Gasteiger partial charge on any atom is -0.623 e. The van der Waals surface area contributed by atoms with Crippen molar-refractivity contribution in [3.05, 3.63) is 64.9 Å². The van der Waals surface area contributed by atoms with Crippen LogP contribution in [0.5, 0.6) is 0 Å². The van der Waals surface area contributed by atoms with Crippen LogP contribution in [0.1, 0.15) is 44.7 Å². The van der Waals surface area contributed by atoms with E-state index in [1.807, 2.05) is 38.1 Å². The molecule has 0 saturated heterocycles. The lowest BCUT2D eigenvalue weighted by molar-refractivity contribution is -0.494. The second-order valence-electron chi connectivity index (χ2n) is 8.96. The van der Waals surface area contributed by atoms with Crippen LogP contribution in [-0.2, 0) is 14.3 Å². The zero-order valence-corrected chi connectivity index (χ0v) is 19.8. The highest BCUT2D eigenvalue weighted by Crippen LogP contribution is 2.44. The van der Waals surface area contributed by atoms with E-state index >= 15 is 0 Å². The van der Waals surface area contributed by atoms with Gasteiger partial charge in [0.15, 0.2) is 6.21 Å². The molecule has 3 rings (SSSR count). The molecule has 1 amide bonds. The van der Waals surface area contributed by atoms with Gasteiger partial charge in [-0.1, -0.05) is 76.2 Å². The Morgan fingerprint density at radius 1 is 1.00 bits per heavy atom. The van der Waals surface area contributed by atoms with E-state index in [1.165, 1.54) is 13.3 Å². The number of benzene rings is 2. The molecular weight excluding hydrogens is 420 g/mol. The van der Waals surface area contributed by atoms with Crippen LogP contribution >= 0.6 is 0 Å². The monoisotopic (exact) mass is 452 g/mol. The first kappa shape index (κ1) is 24.3. The molecule has 0 bridgehead atoms. The highest BCUT2D eigenvalue weighted by atomic mass is 16.6. The van der Waals surface area contributed by atoms with Gasteiger partial charge in [0.1, 0.15) is 12.6 Å². The Hall–Kier alpha value is -3.35. The summed E-state index contributed by atoms with van der Waals surface area (Å²) < 4.78 is 10.9. The van der Waals surface area contributed by atoms with Gasteiger partial charge in [0.25, 0.3) is 6.04 Å². The molecule has 0 fully saturated rings. The maximum atomic E-state index is 12.7. The zero-order chi connectivity index (χ0) is 24.1. The normalized spacial score (nSPS) is 15.1. The average molecular weight is 453 g/mol. The first-order chi connectivity index (χ1) is 15.7. The van der Waals surface area contributed by atoms with Gasteiger partial charge >= 0.3 is 12.1 Å². The maximum Gasteiger partial charge on any atom is 0.407 e. The van der Waals surface area contributed by atoms with Gasteiger partial charge in [-0.15, -0.1) is 0 Å². The molecular formula is C26H32N2O5. The molecule has 2 aromatic carbocycles. The van der Waals surface area contributed by atoms with Gasteiger partial charge in [-0.2, -0.15) is 4.74 Å². The molecule has 1 aliphatic carbocycles. The Morgan fingerprint density at radius 2 is 1.55 bits per heavy atom. The summed E-state index contributed by atoms with van der Waals surface area (Å²) in [5, 5.41) is 15.5. The van der Waals surface area contributed by atoms with Gasteiger partial charge < -0.3 is 20.0 Å². The van der Waals surface area contributed by atoms with Gasteiger partial charge in [0.2, 0.25) is 0 Å². The maximum absolute atomic E-state index is 12.7.